The van der Waals surface area contributed by atoms with Crippen molar-refractivity contribution in [3.05, 3.63) is 28.6 Å². The average molecular weight is 202 g/mol. The molecule has 0 aromatic carbocycles. The highest BCUT2D eigenvalue weighted by Crippen LogP contribution is 2.25. The molecule has 0 fully saturated rings. The molecule has 1 rings (SSSR count). The van der Waals surface area contributed by atoms with Crippen LogP contribution in [0.2, 0.25) is 0 Å². The molecule has 0 aliphatic heterocycles. The van der Waals surface area contributed by atoms with Crippen molar-refractivity contribution in [1.82, 2.24) is 4.98 Å². The Morgan fingerprint density at radius 3 is 2.64 bits per heavy atom. The van der Waals surface area contributed by atoms with E-state index in [0.717, 1.165) is 6.20 Å². The molecule has 3 nitrogen and oxygen atoms in total. The van der Waals surface area contributed by atoms with Gasteiger partial charge in [-0.1, -0.05) is 0 Å². The molecule has 0 unspecified atom stereocenters. The molecular formula is C9H12F2N2O. The Kier molecular flexibility index (Phi) is 3.49. The van der Waals surface area contributed by atoms with Crippen molar-refractivity contribution >= 4 is 0 Å². The predicted octanol–water partition coefficient (Wildman–Crippen LogP) is 1.28. The number of halogens is 2. The zero-order valence-electron chi connectivity index (χ0n) is 7.80. The molecule has 0 aliphatic rings. The summed E-state index contributed by atoms with van der Waals surface area (Å²) in [4.78, 5) is 3.79. The van der Waals surface area contributed by atoms with Gasteiger partial charge in [0.15, 0.2) is 0 Å². The van der Waals surface area contributed by atoms with E-state index in [1.165, 1.54) is 6.92 Å². The number of aromatic nitrogens is 1. The fraction of sp³-hybridized carbons (Fsp3) is 0.444. The second-order valence-electron chi connectivity index (χ2n) is 2.93. The van der Waals surface area contributed by atoms with Gasteiger partial charge in [-0.3, -0.25) is 4.98 Å². The minimum absolute atomic E-state index is 0.139. The van der Waals surface area contributed by atoms with Crippen molar-refractivity contribution in [2.75, 3.05) is 0 Å². The Morgan fingerprint density at radius 2 is 2.21 bits per heavy atom. The third kappa shape index (κ3) is 1.88. The summed E-state index contributed by atoms with van der Waals surface area (Å²) in [6, 6.07) is 0. The highest BCUT2D eigenvalue weighted by molar-refractivity contribution is 5.35. The van der Waals surface area contributed by atoms with Gasteiger partial charge in [-0.25, -0.2) is 8.78 Å². The maximum absolute atomic E-state index is 12.4. The summed E-state index contributed by atoms with van der Waals surface area (Å²) in [5, 5.41) is 9.00. The van der Waals surface area contributed by atoms with Crippen LogP contribution in [0.5, 0.6) is 0 Å². The molecule has 14 heavy (non-hydrogen) atoms. The molecule has 0 saturated carbocycles. The Balaban J connectivity index is 3.27. The molecule has 0 radical (unpaired) electrons. The van der Waals surface area contributed by atoms with Crippen LogP contribution in [-0.4, -0.2) is 10.1 Å². The standard InChI is InChI=1S/C9H12F2N2O/c1-5-6(9(10)11)3-13-8(2-12)7(5)4-14/h3,9,14H,2,4,12H2,1H3. The van der Waals surface area contributed by atoms with Gasteiger partial charge < -0.3 is 10.8 Å². The average Bonchev–Trinajstić information content (AvgIpc) is 2.16. The number of aliphatic hydroxyl groups excluding tert-OH is 1. The van der Waals surface area contributed by atoms with Crippen molar-refractivity contribution in [3.63, 3.8) is 0 Å². The first-order valence-corrected chi connectivity index (χ1v) is 4.18. The number of nitrogens with two attached hydrogens (primary N) is 1. The van der Waals surface area contributed by atoms with Gasteiger partial charge in [0, 0.05) is 23.9 Å². The normalized spacial score (nSPS) is 11.0. The first-order chi connectivity index (χ1) is 6.61. The van der Waals surface area contributed by atoms with E-state index < -0.39 is 6.43 Å². The summed E-state index contributed by atoms with van der Waals surface area (Å²) in [7, 11) is 0. The Morgan fingerprint density at radius 1 is 1.57 bits per heavy atom. The van der Waals surface area contributed by atoms with E-state index >= 15 is 0 Å². The van der Waals surface area contributed by atoms with E-state index in [2.05, 4.69) is 4.98 Å². The van der Waals surface area contributed by atoms with E-state index in [1.807, 2.05) is 0 Å². The van der Waals surface area contributed by atoms with Crippen molar-refractivity contribution < 1.29 is 13.9 Å². The van der Waals surface area contributed by atoms with Crippen LogP contribution in [0.1, 0.15) is 28.8 Å². The van der Waals surface area contributed by atoms with Crippen LogP contribution in [0.3, 0.4) is 0 Å². The number of rotatable bonds is 3. The van der Waals surface area contributed by atoms with E-state index in [0.29, 0.717) is 16.8 Å². The third-order valence-corrected chi connectivity index (χ3v) is 2.18. The number of pyridine rings is 1. The van der Waals surface area contributed by atoms with E-state index in [-0.39, 0.29) is 18.7 Å². The lowest BCUT2D eigenvalue weighted by molar-refractivity contribution is 0.149. The van der Waals surface area contributed by atoms with Crippen molar-refractivity contribution in [1.29, 1.82) is 0 Å². The fourth-order valence-corrected chi connectivity index (χ4v) is 1.32. The van der Waals surface area contributed by atoms with Crippen LogP contribution in [0.15, 0.2) is 6.20 Å². The lowest BCUT2D eigenvalue weighted by Gasteiger charge is -2.11. The number of alkyl halides is 2. The molecule has 78 valence electrons. The summed E-state index contributed by atoms with van der Waals surface area (Å²) in [6.45, 7) is 1.36. The molecule has 0 spiro atoms. The van der Waals surface area contributed by atoms with Crippen LogP contribution in [0, 0.1) is 6.92 Å². The molecule has 1 aromatic heterocycles. The van der Waals surface area contributed by atoms with Crippen LogP contribution >= 0.6 is 0 Å². The highest BCUT2D eigenvalue weighted by Gasteiger charge is 2.15. The fourth-order valence-electron chi connectivity index (χ4n) is 1.32. The molecule has 1 aromatic rings. The number of aliphatic hydroxyl groups is 1. The Labute approximate surface area is 80.6 Å². The summed E-state index contributed by atoms with van der Waals surface area (Å²) in [6.07, 6.45) is -1.46. The zero-order valence-corrected chi connectivity index (χ0v) is 7.80. The Bertz CT molecular complexity index is 329. The topological polar surface area (TPSA) is 59.1 Å². The monoisotopic (exact) mass is 202 g/mol. The van der Waals surface area contributed by atoms with Crippen molar-refractivity contribution in [3.8, 4) is 0 Å². The quantitative estimate of drug-likeness (QED) is 0.776. The van der Waals surface area contributed by atoms with E-state index in [9.17, 15) is 8.78 Å². The summed E-state index contributed by atoms with van der Waals surface area (Å²) in [5.41, 5.74) is 6.46. The minimum Gasteiger partial charge on any atom is -0.392 e. The van der Waals surface area contributed by atoms with Gasteiger partial charge in [0.1, 0.15) is 0 Å². The molecule has 0 amide bonds. The molecule has 5 heteroatoms. The number of hydrogen-bond acceptors (Lipinski definition) is 3. The van der Waals surface area contributed by atoms with Gasteiger partial charge in [0.25, 0.3) is 6.43 Å². The summed E-state index contributed by atoms with van der Waals surface area (Å²) < 4.78 is 24.9. The van der Waals surface area contributed by atoms with Crippen LogP contribution in [0.4, 0.5) is 8.78 Å². The Hall–Kier alpha value is -1.07. The second-order valence-corrected chi connectivity index (χ2v) is 2.93. The van der Waals surface area contributed by atoms with Gasteiger partial charge >= 0.3 is 0 Å². The molecule has 0 atom stereocenters. The summed E-state index contributed by atoms with van der Waals surface area (Å²) in [5.74, 6) is 0. The number of hydrogen-bond donors (Lipinski definition) is 2. The van der Waals surface area contributed by atoms with Gasteiger partial charge in [0.2, 0.25) is 0 Å². The first-order valence-electron chi connectivity index (χ1n) is 4.18. The molecule has 1 heterocycles. The number of nitrogens with zero attached hydrogens (tertiary/aromatic N) is 1. The van der Waals surface area contributed by atoms with E-state index in [1.54, 1.807) is 0 Å². The van der Waals surface area contributed by atoms with Crippen LogP contribution in [0.25, 0.3) is 0 Å². The smallest absolute Gasteiger partial charge is 0.265 e. The van der Waals surface area contributed by atoms with E-state index in [4.69, 9.17) is 10.8 Å². The van der Waals surface area contributed by atoms with Crippen LogP contribution in [-0.2, 0) is 13.2 Å². The molecule has 0 bridgehead atoms. The van der Waals surface area contributed by atoms with Crippen molar-refractivity contribution in [2.45, 2.75) is 26.5 Å². The third-order valence-electron chi connectivity index (χ3n) is 2.18. The van der Waals surface area contributed by atoms with Gasteiger partial charge in [-0.15, -0.1) is 0 Å². The largest absolute Gasteiger partial charge is 0.392 e. The van der Waals surface area contributed by atoms with Crippen molar-refractivity contribution in [2.24, 2.45) is 5.73 Å². The molecule has 0 aliphatic carbocycles. The highest BCUT2D eigenvalue weighted by atomic mass is 19.3. The lowest BCUT2D eigenvalue weighted by atomic mass is 10.0. The van der Waals surface area contributed by atoms with Gasteiger partial charge in [0.05, 0.1) is 12.3 Å². The lowest BCUT2D eigenvalue weighted by Crippen LogP contribution is -2.08. The predicted molar refractivity (Wildman–Crippen MR) is 47.7 cm³/mol. The minimum atomic E-state index is -2.57. The van der Waals surface area contributed by atoms with Crippen LogP contribution < -0.4 is 5.73 Å². The molecule has 0 saturated heterocycles. The maximum Gasteiger partial charge on any atom is 0.265 e. The molecule has 3 N–H and O–H groups in total. The molecular weight excluding hydrogens is 190 g/mol. The first kappa shape index (κ1) is 11.0. The summed E-state index contributed by atoms with van der Waals surface area (Å²) >= 11 is 0. The van der Waals surface area contributed by atoms with Gasteiger partial charge in [-0.2, -0.15) is 0 Å². The zero-order chi connectivity index (χ0) is 10.7. The van der Waals surface area contributed by atoms with Gasteiger partial charge in [-0.05, 0) is 12.5 Å². The SMILES string of the molecule is Cc1c(C(F)F)cnc(CN)c1CO. The maximum atomic E-state index is 12.4. The second kappa shape index (κ2) is 4.43.